The minimum absolute atomic E-state index is 0.642. The van der Waals surface area contributed by atoms with Gasteiger partial charge >= 0.3 is 0 Å². The third-order valence-corrected chi connectivity index (χ3v) is 3.34. The summed E-state index contributed by atoms with van der Waals surface area (Å²) < 4.78 is 1.87. The molecule has 1 saturated carbocycles. The molecule has 3 heteroatoms. The molecule has 0 atom stereocenters. The van der Waals surface area contributed by atoms with Crippen molar-refractivity contribution >= 4 is 5.82 Å². The number of aromatic nitrogens is 2. The quantitative estimate of drug-likeness (QED) is 0.857. The second-order valence-electron chi connectivity index (χ2n) is 4.97. The summed E-state index contributed by atoms with van der Waals surface area (Å²) in [4.78, 5) is 0. The van der Waals surface area contributed by atoms with Crippen LogP contribution in [0.5, 0.6) is 0 Å². The molecule has 1 aliphatic carbocycles. The lowest BCUT2D eigenvalue weighted by molar-refractivity contribution is 0.838. The van der Waals surface area contributed by atoms with Gasteiger partial charge in [-0.1, -0.05) is 12.1 Å². The molecule has 2 N–H and O–H groups in total. The second-order valence-corrected chi connectivity index (χ2v) is 4.97. The van der Waals surface area contributed by atoms with Crippen molar-refractivity contribution in [1.29, 1.82) is 0 Å². The lowest BCUT2D eigenvalue weighted by Crippen LogP contribution is -2.04. The van der Waals surface area contributed by atoms with Gasteiger partial charge in [-0.2, -0.15) is 5.10 Å². The fourth-order valence-corrected chi connectivity index (χ4v) is 2.13. The van der Waals surface area contributed by atoms with Crippen molar-refractivity contribution in [3.63, 3.8) is 0 Å². The highest BCUT2D eigenvalue weighted by molar-refractivity contribution is 5.49. The molecule has 0 saturated heterocycles. The van der Waals surface area contributed by atoms with Crippen molar-refractivity contribution in [3.05, 3.63) is 41.1 Å². The molecular weight excluding hydrogens is 210 g/mol. The van der Waals surface area contributed by atoms with Gasteiger partial charge in [0.25, 0.3) is 0 Å². The maximum atomic E-state index is 6.06. The number of hydrogen-bond acceptors (Lipinski definition) is 2. The zero-order chi connectivity index (χ0) is 12.0. The Morgan fingerprint density at radius 1 is 1.24 bits per heavy atom. The van der Waals surface area contributed by atoms with E-state index in [1.165, 1.54) is 24.0 Å². The van der Waals surface area contributed by atoms with Crippen LogP contribution in [-0.4, -0.2) is 9.78 Å². The molecular formula is C14H17N3. The fourth-order valence-electron chi connectivity index (χ4n) is 2.13. The molecule has 2 aromatic rings. The Balaban J connectivity index is 2.10. The van der Waals surface area contributed by atoms with Crippen LogP contribution in [0.25, 0.3) is 5.69 Å². The van der Waals surface area contributed by atoms with Gasteiger partial charge in [0, 0.05) is 12.0 Å². The van der Waals surface area contributed by atoms with Gasteiger partial charge in [0.2, 0.25) is 0 Å². The molecule has 1 aromatic carbocycles. The van der Waals surface area contributed by atoms with Crippen LogP contribution in [0.3, 0.4) is 0 Å². The molecule has 0 amide bonds. The first kappa shape index (κ1) is 10.4. The molecule has 3 nitrogen and oxygen atoms in total. The summed E-state index contributed by atoms with van der Waals surface area (Å²) in [5.74, 6) is 1.38. The average molecular weight is 227 g/mol. The number of nitrogen functional groups attached to an aromatic ring is 1. The number of anilines is 1. The molecule has 3 rings (SSSR count). The van der Waals surface area contributed by atoms with Gasteiger partial charge < -0.3 is 5.73 Å². The van der Waals surface area contributed by atoms with Gasteiger partial charge in [-0.3, -0.25) is 0 Å². The summed E-state index contributed by atoms with van der Waals surface area (Å²) in [5.41, 5.74) is 10.7. The predicted octanol–water partition coefficient (Wildman–Crippen LogP) is 2.95. The number of nitrogens with two attached hydrogens (primary N) is 1. The fraction of sp³-hybridized carbons (Fsp3) is 0.357. The molecule has 0 radical (unpaired) electrons. The van der Waals surface area contributed by atoms with Crippen LogP contribution in [0.4, 0.5) is 5.82 Å². The maximum absolute atomic E-state index is 6.06. The first-order chi connectivity index (χ1) is 8.15. The molecule has 1 heterocycles. The van der Waals surface area contributed by atoms with Gasteiger partial charge in [0.05, 0.1) is 11.4 Å². The van der Waals surface area contributed by atoms with Gasteiger partial charge in [-0.05, 0) is 43.9 Å². The van der Waals surface area contributed by atoms with Crippen molar-refractivity contribution in [1.82, 2.24) is 9.78 Å². The average Bonchev–Trinajstić information content (AvgIpc) is 3.07. The Kier molecular flexibility index (Phi) is 2.21. The van der Waals surface area contributed by atoms with E-state index in [0.717, 1.165) is 17.2 Å². The van der Waals surface area contributed by atoms with E-state index in [-0.39, 0.29) is 0 Å². The van der Waals surface area contributed by atoms with E-state index in [4.69, 9.17) is 5.73 Å². The summed E-state index contributed by atoms with van der Waals surface area (Å²) in [6.45, 7) is 4.18. The van der Waals surface area contributed by atoms with E-state index in [1.54, 1.807) is 0 Å². The summed E-state index contributed by atoms with van der Waals surface area (Å²) in [7, 11) is 0. The van der Waals surface area contributed by atoms with E-state index in [1.807, 2.05) is 10.7 Å². The molecule has 1 fully saturated rings. The number of benzene rings is 1. The normalized spacial score (nSPS) is 15.2. The van der Waals surface area contributed by atoms with Crippen LogP contribution >= 0.6 is 0 Å². The molecule has 17 heavy (non-hydrogen) atoms. The number of nitrogens with zero attached hydrogens (tertiary/aromatic N) is 2. The van der Waals surface area contributed by atoms with E-state index in [9.17, 15) is 0 Å². The van der Waals surface area contributed by atoms with Crippen molar-refractivity contribution in [2.24, 2.45) is 0 Å². The van der Waals surface area contributed by atoms with Crippen LogP contribution in [0, 0.1) is 13.8 Å². The predicted molar refractivity (Wildman–Crippen MR) is 69.4 cm³/mol. The maximum Gasteiger partial charge on any atom is 0.127 e. The lowest BCUT2D eigenvalue weighted by atomic mass is 10.1. The molecule has 1 aliphatic rings. The lowest BCUT2D eigenvalue weighted by Gasteiger charge is -2.08. The molecule has 88 valence electrons. The van der Waals surface area contributed by atoms with Gasteiger partial charge in [0.1, 0.15) is 5.82 Å². The van der Waals surface area contributed by atoms with E-state index in [0.29, 0.717) is 5.92 Å². The molecule has 0 bridgehead atoms. The Morgan fingerprint density at radius 2 is 2.00 bits per heavy atom. The zero-order valence-corrected chi connectivity index (χ0v) is 10.3. The number of rotatable bonds is 2. The van der Waals surface area contributed by atoms with Crippen LogP contribution in [0.15, 0.2) is 24.3 Å². The van der Waals surface area contributed by atoms with Crippen molar-refractivity contribution in [3.8, 4) is 5.69 Å². The van der Waals surface area contributed by atoms with Gasteiger partial charge in [0.15, 0.2) is 0 Å². The standard InChI is InChI=1S/C14H17N3/c1-9-3-4-10(2)13(7-9)17-14(15)8-12(16-17)11-5-6-11/h3-4,7-8,11H,5-6,15H2,1-2H3. The van der Waals surface area contributed by atoms with E-state index < -0.39 is 0 Å². The summed E-state index contributed by atoms with van der Waals surface area (Å²) in [6.07, 6.45) is 2.51. The SMILES string of the molecule is Cc1ccc(C)c(-n2nc(C3CC3)cc2N)c1. The number of aryl methyl sites for hydroxylation is 2. The van der Waals surface area contributed by atoms with Crippen molar-refractivity contribution in [2.45, 2.75) is 32.6 Å². The molecule has 1 aromatic heterocycles. The van der Waals surface area contributed by atoms with Crippen molar-refractivity contribution < 1.29 is 0 Å². The smallest absolute Gasteiger partial charge is 0.127 e. The van der Waals surface area contributed by atoms with Crippen LogP contribution in [0.1, 0.15) is 35.6 Å². The van der Waals surface area contributed by atoms with Gasteiger partial charge in [-0.25, -0.2) is 4.68 Å². The second kappa shape index (κ2) is 3.62. The van der Waals surface area contributed by atoms with E-state index >= 15 is 0 Å². The topological polar surface area (TPSA) is 43.8 Å². The van der Waals surface area contributed by atoms with Crippen LogP contribution in [-0.2, 0) is 0 Å². The summed E-state index contributed by atoms with van der Waals surface area (Å²) in [5, 5.41) is 4.64. The number of hydrogen-bond donors (Lipinski definition) is 1. The Morgan fingerprint density at radius 3 is 2.71 bits per heavy atom. The summed E-state index contributed by atoms with van der Waals surface area (Å²) in [6, 6.07) is 8.37. The first-order valence-electron chi connectivity index (χ1n) is 6.08. The monoisotopic (exact) mass is 227 g/mol. The first-order valence-corrected chi connectivity index (χ1v) is 6.08. The Hall–Kier alpha value is -1.77. The molecule has 0 spiro atoms. The third-order valence-electron chi connectivity index (χ3n) is 3.34. The minimum atomic E-state index is 0.642. The van der Waals surface area contributed by atoms with Crippen LogP contribution in [0.2, 0.25) is 0 Å². The Labute approximate surface area is 101 Å². The highest BCUT2D eigenvalue weighted by Crippen LogP contribution is 2.40. The van der Waals surface area contributed by atoms with Gasteiger partial charge in [-0.15, -0.1) is 0 Å². The Bertz CT molecular complexity index is 565. The van der Waals surface area contributed by atoms with Crippen molar-refractivity contribution in [2.75, 3.05) is 5.73 Å². The zero-order valence-electron chi connectivity index (χ0n) is 10.3. The minimum Gasteiger partial charge on any atom is -0.384 e. The summed E-state index contributed by atoms with van der Waals surface area (Å²) >= 11 is 0. The highest BCUT2D eigenvalue weighted by atomic mass is 15.3. The third kappa shape index (κ3) is 1.82. The molecule has 0 aliphatic heterocycles. The highest BCUT2D eigenvalue weighted by Gasteiger charge is 2.27. The molecule has 0 unspecified atom stereocenters. The van der Waals surface area contributed by atoms with E-state index in [2.05, 4.69) is 37.1 Å². The van der Waals surface area contributed by atoms with Crippen LogP contribution < -0.4 is 5.73 Å². The largest absolute Gasteiger partial charge is 0.384 e.